The molecular formula is C15H18FN3S2. The minimum absolute atomic E-state index is 0.260. The molecule has 0 unspecified atom stereocenters. The molecule has 0 aliphatic heterocycles. The standard InChI is InChI=1S/C15H18FN3S2/c1-4-5-9-17-21-14-10-12(19(2)3)15-11(18-14)7-6-8-13(15)20-16/h4,6-8,10,17H,1,5,9H2,2-3H3. The molecule has 1 heterocycles. The normalized spacial score (nSPS) is 10.8. The lowest BCUT2D eigenvalue weighted by Gasteiger charge is -2.18. The first-order valence-electron chi connectivity index (χ1n) is 6.57. The van der Waals surface area contributed by atoms with Crippen LogP contribution in [0, 0.1) is 0 Å². The Morgan fingerprint density at radius 2 is 2.24 bits per heavy atom. The Bertz CT molecular complexity index is 632. The fourth-order valence-electron chi connectivity index (χ4n) is 1.97. The van der Waals surface area contributed by atoms with Gasteiger partial charge in [0.25, 0.3) is 0 Å². The van der Waals surface area contributed by atoms with Crippen LogP contribution in [0.2, 0.25) is 0 Å². The van der Waals surface area contributed by atoms with Gasteiger partial charge in [0.2, 0.25) is 0 Å². The molecule has 0 saturated carbocycles. The van der Waals surface area contributed by atoms with Gasteiger partial charge in [-0.3, -0.25) is 4.72 Å². The first-order chi connectivity index (χ1) is 10.2. The van der Waals surface area contributed by atoms with Gasteiger partial charge in [0, 0.05) is 31.7 Å². The molecule has 0 radical (unpaired) electrons. The van der Waals surface area contributed by atoms with Crippen LogP contribution in [0.5, 0.6) is 0 Å². The topological polar surface area (TPSA) is 28.2 Å². The van der Waals surface area contributed by atoms with Crippen LogP contribution in [-0.2, 0) is 0 Å². The molecular weight excluding hydrogens is 305 g/mol. The molecule has 3 nitrogen and oxygen atoms in total. The van der Waals surface area contributed by atoms with E-state index >= 15 is 0 Å². The molecule has 0 fully saturated rings. The van der Waals surface area contributed by atoms with Crippen molar-refractivity contribution in [1.82, 2.24) is 9.71 Å². The van der Waals surface area contributed by atoms with Gasteiger partial charge in [-0.2, -0.15) is 3.89 Å². The number of nitrogens with one attached hydrogen (secondary N) is 1. The van der Waals surface area contributed by atoms with Gasteiger partial charge in [0.05, 0.1) is 22.6 Å². The van der Waals surface area contributed by atoms with Crippen LogP contribution in [0.3, 0.4) is 0 Å². The number of benzene rings is 1. The molecule has 6 heteroatoms. The van der Waals surface area contributed by atoms with Crippen molar-refractivity contribution in [2.24, 2.45) is 0 Å². The number of anilines is 1. The third kappa shape index (κ3) is 3.90. The molecule has 0 aliphatic carbocycles. The maximum absolute atomic E-state index is 13.1. The third-order valence-electron chi connectivity index (χ3n) is 2.94. The molecule has 1 aromatic carbocycles. The number of fused-ring (bicyclic) bond motifs is 1. The Labute approximate surface area is 133 Å². The lowest BCUT2D eigenvalue weighted by molar-refractivity contribution is 0.933. The average molecular weight is 323 g/mol. The van der Waals surface area contributed by atoms with Crippen molar-refractivity contribution >= 4 is 40.7 Å². The summed E-state index contributed by atoms with van der Waals surface area (Å²) in [6.07, 6.45) is 2.78. The summed E-state index contributed by atoms with van der Waals surface area (Å²) in [4.78, 5) is 7.17. The van der Waals surface area contributed by atoms with Crippen LogP contribution in [0.4, 0.5) is 9.57 Å². The van der Waals surface area contributed by atoms with Crippen LogP contribution < -0.4 is 9.62 Å². The van der Waals surface area contributed by atoms with E-state index in [1.54, 1.807) is 6.07 Å². The molecule has 0 saturated heterocycles. The van der Waals surface area contributed by atoms with Gasteiger partial charge >= 0.3 is 0 Å². The van der Waals surface area contributed by atoms with Crippen molar-refractivity contribution < 1.29 is 3.89 Å². The summed E-state index contributed by atoms with van der Waals surface area (Å²) < 4.78 is 16.4. The van der Waals surface area contributed by atoms with Gasteiger partial charge in [-0.25, -0.2) is 4.98 Å². The van der Waals surface area contributed by atoms with E-state index in [9.17, 15) is 3.89 Å². The number of nitrogens with zero attached hydrogens (tertiary/aromatic N) is 2. The smallest absolute Gasteiger partial charge is 0.114 e. The largest absolute Gasteiger partial charge is 0.377 e. The molecule has 112 valence electrons. The Balaban J connectivity index is 2.39. The molecule has 2 rings (SSSR count). The molecule has 2 aromatic rings. The monoisotopic (exact) mass is 323 g/mol. The summed E-state index contributed by atoms with van der Waals surface area (Å²) in [5.74, 6) is 0. The highest BCUT2D eigenvalue weighted by Gasteiger charge is 2.12. The molecule has 0 atom stereocenters. The fraction of sp³-hybridized carbons (Fsp3) is 0.267. The maximum atomic E-state index is 13.1. The van der Waals surface area contributed by atoms with Crippen molar-refractivity contribution in [3.8, 4) is 0 Å². The predicted octanol–water partition coefficient (Wildman–Crippen LogP) is 4.45. The van der Waals surface area contributed by atoms with Crippen LogP contribution in [0.25, 0.3) is 10.9 Å². The van der Waals surface area contributed by atoms with Crippen molar-refractivity contribution in [3.05, 3.63) is 36.9 Å². The summed E-state index contributed by atoms with van der Waals surface area (Å²) in [5.41, 5.74) is 1.77. The summed E-state index contributed by atoms with van der Waals surface area (Å²) >= 11 is 1.74. The third-order valence-corrected chi connectivity index (χ3v) is 4.22. The minimum Gasteiger partial charge on any atom is -0.377 e. The molecule has 0 spiro atoms. The van der Waals surface area contributed by atoms with E-state index in [1.165, 1.54) is 11.9 Å². The number of pyridine rings is 1. The van der Waals surface area contributed by atoms with Crippen molar-refractivity contribution in [3.63, 3.8) is 0 Å². The van der Waals surface area contributed by atoms with Crippen molar-refractivity contribution in [2.75, 3.05) is 25.5 Å². The molecule has 1 aromatic heterocycles. The highest BCUT2D eigenvalue weighted by molar-refractivity contribution is 7.97. The summed E-state index contributed by atoms with van der Waals surface area (Å²) in [7, 11) is 3.90. The zero-order valence-corrected chi connectivity index (χ0v) is 13.7. The second-order valence-corrected chi connectivity index (χ2v) is 6.18. The van der Waals surface area contributed by atoms with Crippen LogP contribution in [0.1, 0.15) is 6.42 Å². The predicted molar refractivity (Wildman–Crippen MR) is 91.7 cm³/mol. The van der Waals surface area contributed by atoms with E-state index < -0.39 is 0 Å². The number of halogens is 1. The molecule has 0 aliphatic rings. The quantitative estimate of drug-likeness (QED) is 0.462. The van der Waals surface area contributed by atoms with E-state index in [0.717, 1.165) is 34.6 Å². The van der Waals surface area contributed by atoms with E-state index in [4.69, 9.17) is 0 Å². The van der Waals surface area contributed by atoms with Crippen LogP contribution >= 0.6 is 24.1 Å². The molecule has 1 N–H and O–H groups in total. The first kappa shape index (κ1) is 16.1. The summed E-state index contributed by atoms with van der Waals surface area (Å²) in [6, 6.07) is 7.50. The lowest BCUT2D eigenvalue weighted by atomic mass is 10.2. The van der Waals surface area contributed by atoms with Crippen LogP contribution in [-0.4, -0.2) is 25.6 Å². The van der Waals surface area contributed by atoms with E-state index in [1.807, 2.05) is 43.3 Å². The molecule has 21 heavy (non-hydrogen) atoms. The molecule has 0 bridgehead atoms. The van der Waals surface area contributed by atoms with E-state index in [0.29, 0.717) is 4.90 Å². The summed E-state index contributed by atoms with van der Waals surface area (Å²) in [5, 5.41) is 1.72. The zero-order chi connectivity index (χ0) is 15.2. The van der Waals surface area contributed by atoms with Crippen molar-refractivity contribution in [1.29, 1.82) is 0 Å². The second-order valence-electron chi connectivity index (χ2n) is 4.68. The van der Waals surface area contributed by atoms with Gasteiger partial charge in [-0.1, -0.05) is 12.1 Å². The van der Waals surface area contributed by atoms with Gasteiger partial charge in [-0.15, -0.1) is 6.58 Å². The number of hydrogen-bond donors (Lipinski definition) is 1. The zero-order valence-electron chi connectivity index (χ0n) is 12.1. The Morgan fingerprint density at radius 3 is 2.90 bits per heavy atom. The highest BCUT2D eigenvalue weighted by atomic mass is 32.2. The van der Waals surface area contributed by atoms with Gasteiger partial charge in [-0.05, 0) is 36.6 Å². The fourth-order valence-corrected chi connectivity index (χ4v) is 3.06. The second kappa shape index (κ2) is 7.68. The molecule has 0 amide bonds. The number of aromatic nitrogens is 1. The van der Waals surface area contributed by atoms with Crippen molar-refractivity contribution in [2.45, 2.75) is 16.3 Å². The number of rotatable bonds is 7. The van der Waals surface area contributed by atoms with E-state index in [2.05, 4.69) is 16.3 Å². The van der Waals surface area contributed by atoms with Gasteiger partial charge < -0.3 is 4.90 Å². The maximum Gasteiger partial charge on any atom is 0.114 e. The SMILES string of the molecule is C=CCCNSc1cc(N(C)C)c2c(SF)cccc2n1. The first-order valence-corrected chi connectivity index (χ1v) is 8.11. The average Bonchev–Trinajstić information content (AvgIpc) is 2.50. The Morgan fingerprint density at radius 1 is 1.43 bits per heavy atom. The minimum atomic E-state index is 0.260. The highest BCUT2D eigenvalue weighted by Crippen LogP contribution is 2.36. The van der Waals surface area contributed by atoms with Gasteiger partial charge in [0.15, 0.2) is 0 Å². The Kier molecular flexibility index (Phi) is 5.90. The van der Waals surface area contributed by atoms with E-state index in [-0.39, 0.29) is 12.1 Å². The summed E-state index contributed by atoms with van der Waals surface area (Å²) in [6.45, 7) is 4.53. The van der Waals surface area contributed by atoms with Gasteiger partial charge in [0.1, 0.15) is 5.03 Å². The number of hydrogen-bond acceptors (Lipinski definition) is 5. The van der Waals surface area contributed by atoms with Crippen LogP contribution in [0.15, 0.2) is 46.8 Å². The Hall–Kier alpha value is -1.24. The lowest BCUT2D eigenvalue weighted by Crippen LogP contribution is -2.11.